The summed E-state index contributed by atoms with van der Waals surface area (Å²) in [6, 6.07) is 12.8. The molecule has 12 heteroatoms. The minimum atomic E-state index is -1.19. The van der Waals surface area contributed by atoms with E-state index in [1.54, 1.807) is 55.7 Å². The van der Waals surface area contributed by atoms with Gasteiger partial charge in [0.05, 0.1) is 7.11 Å². The molecular weight excluding hydrogens is 556 g/mol. The van der Waals surface area contributed by atoms with Crippen LogP contribution in [-0.2, 0) is 29.1 Å². The number of allylic oxidation sites excluding steroid dienone is 1. The monoisotopic (exact) mass is 596 g/mol. The average molecular weight is 597 g/mol. The number of carbonyl (C=O) groups is 2. The van der Waals surface area contributed by atoms with Gasteiger partial charge >= 0.3 is 0 Å². The third kappa shape index (κ3) is 7.96. The quantitative estimate of drug-likeness (QED) is 0.361. The van der Waals surface area contributed by atoms with Crippen LogP contribution in [0.5, 0.6) is 11.5 Å². The van der Waals surface area contributed by atoms with Crippen LogP contribution in [0.1, 0.15) is 34.3 Å². The lowest BCUT2D eigenvalue weighted by molar-refractivity contribution is -0.114. The number of benzene rings is 2. The molecule has 1 atom stereocenters. The van der Waals surface area contributed by atoms with Crippen LogP contribution < -0.4 is 20.5 Å². The summed E-state index contributed by atoms with van der Waals surface area (Å²) in [6.45, 7) is 2.67. The first-order valence-electron chi connectivity index (χ1n) is 13.9. The summed E-state index contributed by atoms with van der Waals surface area (Å²) in [5.74, 6) is 1.07. The zero-order valence-corrected chi connectivity index (χ0v) is 25.5. The van der Waals surface area contributed by atoms with Gasteiger partial charge in [-0.25, -0.2) is 12.8 Å². The van der Waals surface area contributed by atoms with Gasteiger partial charge in [-0.3, -0.25) is 14.6 Å². The lowest BCUT2D eigenvalue weighted by atomic mass is 10.1. The van der Waals surface area contributed by atoms with E-state index < -0.39 is 11.2 Å². The van der Waals surface area contributed by atoms with Gasteiger partial charge in [-0.1, -0.05) is 24.3 Å². The minimum Gasteiger partial charge on any atom is -0.493 e. The molecule has 1 aliphatic heterocycles. The molecule has 4 rings (SSSR count). The fourth-order valence-electron chi connectivity index (χ4n) is 4.60. The van der Waals surface area contributed by atoms with Crippen molar-refractivity contribution in [1.82, 2.24) is 18.8 Å². The van der Waals surface area contributed by atoms with E-state index >= 15 is 0 Å². The molecule has 2 fully saturated rings. The van der Waals surface area contributed by atoms with E-state index in [4.69, 9.17) is 15.2 Å². The number of para-hydroxylation sites is 1. The van der Waals surface area contributed by atoms with Crippen molar-refractivity contribution >= 4 is 28.7 Å². The number of nitrogens with zero attached hydrogens (tertiary/aromatic N) is 4. The van der Waals surface area contributed by atoms with Gasteiger partial charge in [-0.15, -0.1) is 0 Å². The van der Waals surface area contributed by atoms with Crippen LogP contribution in [0.4, 0.5) is 0 Å². The largest absolute Gasteiger partial charge is 0.493 e. The molecule has 1 unspecified atom stereocenters. The molecule has 2 aliphatic rings. The Balaban J connectivity index is 1.32. The van der Waals surface area contributed by atoms with Gasteiger partial charge in [0.25, 0.3) is 11.8 Å². The molecule has 3 N–H and O–H groups in total. The summed E-state index contributed by atoms with van der Waals surface area (Å²) >= 11 is -1.19. The van der Waals surface area contributed by atoms with Crippen molar-refractivity contribution in [3.8, 4) is 11.5 Å². The Morgan fingerprint density at radius 2 is 1.81 bits per heavy atom. The van der Waals surface area contributed by atoms with Crippen molar-refractivity contribution in [1.29, 1.82) is 0 Å². The molecule has 1 heterocycles. The van der Waals surface area contributed by atoms with Gasteiger partial charge in [-0.2, -0.15) is 0 Å². The Morgan fingerprint density at radius 3 is 2.40 bits per heavy atom. The average Bonchev–Trinajstić information content (AvgIpc) is 3.87. The highest BCUT2D eigenvalue weighted by molar-refractivity contribution is 7.80. The maximum Gasteiger partial charge on any atom is 0.269 e. The van der Waals surface area contributed by atoms with Crippen LogP contribution in [0, 0.1) is 5.92 Å². The van der Waals surface area contributed by atoms with Crippen LogP contribution >= 0.6 is 0 Å². The molecule has 1 aliphatic carbocycles. The van der Waals surface area contributed by atoms with Gasteiger partial charge in [0.15, 0.2) is 22.7 Å². The summed E-state index contributed by atoms with van der Waals surface area (Å²) in [6.07, 6.45) is 3.75. The molecule has 0 aromatic heterocycles. The van der Waals surface area contributed by atoms with Crippen LogP contribution in [0.3, 0.4) is 0 Å². The predicted octanol–water partition coefficient (Wildman–Crippen LogP) is 2.11. The number of nitrogens with two attached hydrogens (primary N) is 1. The molecule has 0 radical (unpaired) electrons. The third-order valence-electron chi connectivity index (χ3n) is 7.18. The van der Waals surface area contributed by atoms with Crippen LogP contribution in [0.15, 0.2) is 59.2 Å². The number of hydrogen-bond acceptors (Lipinski definition) is 7. The van der Waals surface area contributed by atoms with Crippen molar-refractivity contribution in [3.05, 3.63) is 70.9 Å². The first-order chi connectivity index (χ1) is 20.2. The van der Waals surface area contributed by atoms with E-state index in [0.717, 1.165) is 24.0 Å². The van der Waals surface area contributed by atoms with Crippen molar-refractivity contribution in [3.63, 3.8) is 0 Å². The number of aliphatic imine (C=N–C) groups is 1. The van der Waals surface area contributed by atoms with Crippen LogP contribution in [-0.4, -0.2) is 89.7 Å². The molecule has 0 spiro atoms. The summed E-state index contributed by atoms with van der Waals surface area (Å²) in [5, 5.41) is 2.89. The second kappa shape index (κ2) is 14.4. The Kier molecular flexibility index (Phi) is 10.7. The normalized spacial score (nSPS) is 17.2. The summed E-state index contributed by atoms with van der Waals surface area (Å²) in [7, 11) is 6.68. The molecule has 226 valence electrons. The predicted molar refractivity (Wildman–Crippen MR) is 163 cm³/mol. The number of ether oxygens (including phenoxy) is 2. The number of amides is 2. The van der Waals surface area contributed by atoms with E-state index in [9.17, 15) is 13.8 Å². The first kappa shape index (κ1) is 31.2. The smallest absolute Gasteiger partial charge is 0.269 e. The molecule has 42 heavy (non-hydrogen) atoms. The van der Waals surface area contributed by atoms with Gasteiger partial charge in [0.1, 0.15) is 12.3 Å². The second-order valence-electron chi connectivity index (χ2n) is 10.4. The Morgan fingerprint density at radius 1 is 1.12 bits per heavy atom. The number of methoxy groups -OCH3 is 1. The standard InChI is InChI=1S/C30H40N6O5S/c1-32-26(18-25(31)22-12-13-22)29(37)33-19-24-6-5-7-27(28(24)40-4)41-20-21-8-10-23(11-9-21)30(38)35-14-16-36(17-15-35)42(39)34(2)3/h5-11,18,22H,12-17,19-20,31H2,1-4H3,(H,33,37)/b25-18-,32-26?. The van der Waals surface area contributed by atoms with Gasteiger partial charge in [0, 0.05) is 70.7 Å². The molecule has 1 saturated heterocycles. The third-order valence-corrected chi connectivity index (χ3v) is 8.62. The zero-order valence-electron chi connectivity index (χ0n) is 24.7. The number of nitrogens with one attached hydrogen (secondary N) is 1. The molecule has 2 aromatic carbocycles. The molecule has 11 nitrogen and oxygen atoms in total. The molecule has 2 aromatic rings. The zero-order chi connectivity index (χ0) is 30.2. The SMILES string of the molecule is CN=C(/C=C(\N)C1CC1)C(=O)NCc1cccc(OCc2ccc(C(=O)N3CCN(S(=O)N(C)C)CC3)cc2)c1OC. The van der Waals surface area contributed by atoms with Crippen LogP contribution in [0.2, 0.25) is 0 Å². The maximum atomic E-state index is 13.0. The molecule has 2 amide bonds. The van der Waals surface area contributed by atoms with Crippen LogP contribution in [0.25, 0.3) is 0 Å². The fraction of sp³-hybridized carbons (Fsp3) is 0.433. The minimum absolute atomic E-state index is 0.0452. The highest BCUT2D eigenvalue weighted by Gasteiger charge is 2.26. The van der Waals surface area contributed by atoms with E-state index in [0.29, 0.717) is 54.9 Å². The van der Waals surface area contributed by atoms with E-state index in [-0.39, 0.29) is 30.7 Å². The summed E-state index contributed by atoms with van der Waals surface area (Å²) in [4.78, 5) is 31.6. The highest BCUT2D eigenvalue weighted by Crippen LogP contribution is 2.34. The van der Waals surface area contributed by atoms with E-state index in [2.05, 4.69) is 10.3 Å². The van der Waals surface area contributed by atoms with Crippen molar-refractivity contribution in [2.24, 2.45) is 16.6 Å². The number of rotatable bonds is 12. The fourth-order valence-corrected chi connectivity index (χ4v) is 5.54. The lowest BCUT2D eigenvalue weighted by Crippen LogP contribution is -2.50. The van der Waals surface area contributed by atoms with E-state index in [1.165, 1.54) is 0 Å². The summed E-state index contributed by atoms with van der Waals surface area (Å²) in [5.41, 5.74) is 9.28. The van der Waals surface area contributed by atoms with E-state index in [1.807, 2.05) is 34.6 Å². The molecule has 0 bridgehead atoms. The highest BCUT2D eigenvalue weighted by atomic mass is 32.2. The van der Waals surface area contributed by atoms with Gasteiger partial charge < -0.3 is 25.4 Å². The van der Waals surface area contributed by atoms with Crippen molar-refractivity contribution in [2.75, 3.05) is 54.4 Å². The Bertz CT molecular complexity index is 1350. The molecule has 1 saturated carbocycles. The maximum absolute atomic E-state index is 13.0. The van der Waals surface area contributed by atoms with Gasteiger partial charge in [-0.05, 0) is 48.6 Å². The van der Waals surface area contributed by atoms with Crippen molar-refractivity contribution in [2.45, 2.75) is 26.0 Å². The molecular formula is C30H40N6O5S. The lowest BCUT2D eigenvalue weighted by Gasteiger charge is -2.34. The second-order valence-corrected chi connectivity index (χ2v) is 12.1. The summed E-state index contributed by atoms with van der Waals surface area (Å²) < 4.78 is 27.5. The first-order valence-corrected chi connectivity index (χ1v) is 15.0. The Hall–Kier alpha value is -3.74. The topological polar surface area (TPSA) is 130 Å². The number of carbonyl (C=O) groups excluding carboxylic acids is 2. The number of piperazine rings is 1. The van der Waals surface area contributed by atoms with Gasteiger partial charge in [0.2, 0.25) is 0 Å². The Labute approximate surface area is 250 Å². The van der Waals surface area contributed by atoms with Crippen molar-refractivity contribution < 1.29 is 23.3 Å². The number of hydrogen-bond donors (Lipinski definition) is 2.